The van der Waals surface area contributed by atoms with Crippen LogP contribution in [0.25, 0.3) is 44.6 Å². The molecule has 2 N–H and O–H groups in total. The Morgan fingerprint density at radius 2 is 1.30 bits per heavy atom. The summed E-state index contributed by atoms with van der Waals surface area (Å²) in [4.78, 5) is 26.1. The second-order valence-electron chi connectivity index (χ2n) is 6.78. The highest BCUT2D eigenvalue weighted by molar-refractivity contribution is 5.92. The van der Waals surface area contributed by atoms with Gasteiger partial charge in [0.2, 0.25) is 5.43 Å². The molecule has 0 radical (unpaired) electrons. The molecule has 0 amide bonds. The van der Waals surface area contributed by atoms with Gasteiger partial charge in [0.05, 0.1) is 0 Å². The van der Waals surface area contributed by atoms with E-state index >= 15 is 0 Å². The van der Waals surface area contributed by atoms with Gasteiger partial charge in [0, 0.05) is 11.6 Å². The quantitative estimate of drug-likeness (QED) is 0.449. The van der Waals surface area contributed by atoms with Gasteiger partial charge in [-0.1, -0.05) is 42.5 Å². The molecule has 5 rings (SSSR count). The molecule has 0 atom stereocenters. The highest BCUT2D eigenvalue weighted by atomic mass is 16.4. The largest absolute Gasteiger partial charge is 0.507 e. The van der Waals surface area contributed by atoms with Gasteiger partial charge in [-0.2, -0.15) is 0 Å². The van der Waals surface area contributed by atoms with Crippen molar-refractivity contribution in [1.29, 1.82) is 0 Å². The average molecular weight is 398 g/mol. The normalized spacial score (nSPS) is 11.2. The molecular weight excluding hydrogens is 384 g/mol. The molecule has 0 saturated heterocycles. The molecule has 0 aliphatic heterocycles. The van der Waals surface area contributed by atoms with E-state index < -0.39 is 10.9 Å². The SMILES string of the molecule is O=c1cc(-c2c(-c3ccccc3)oc3cccc(O)c3c2=O)oc2cccc(O)c12. The van der Waals surface area contributed by atoms with Gasteiger partial charge < -0.3 is 19.0 Å². The van der Waals surface area contributed by atoms with Crippen LogP contribution in [-0.4, -0.2) is 10.2 Å². The summed E-state index contributed by atoms with van der Waals surface area (Å²) < 4.78 is 11.8. The van der Waals surface area contributed by atoms with E-state index in [4.69, 9.17) is 8.83 Å². The molecule has 3 aromatic carbocycles. The maximum atomic E-state index is 13.4. The fraction of sp³-hybridized carbons (Fsp3) is 0. The van der Waals surface area contributed by atoms with Crippen LogP contribution in [0.2, 0.25) is 0 Å². The van der Waals surface area contributed by atoms with Crippen molar-refractivity contribution in [1.82, 2.24) is 0 Å². The molecule has 146 valence electrons. The third kappa shape index (κ3) is 2.66. The van der Waals surface area contributed by atoms with E-state index in [1.807, 2.05) is 6.07 Å². The van der Waals surface area contributed by atoms with Crippen molar-refractivity contribution in [3.05, 3.63) is 93.2 Å². The standard InChI is InChI=1S/C24H14O6/c25-14-8-4-10-17-20(14)16(27)12-19(29-17)22-23(28)21-15(26)9-5-11-18(21)30-24(22)13-6-2-1-3-7-13/h1-12,25-26H. The van der Waals surface area contributed by atoms with Crippen molar-refractivity contribution in [2.75, 3.05) is 0 Å². The Morgan fingerprint density at radius 1 is 0.667 bits per heavy atom. The van der Waals surface area contributed by atoms with E-state index in [0.717, 1.165) is 6.07 Å². The van der Waals surface area contributed by atoms with Crippen molar-refractivity contribution < 1.29 is 19.0 Å². The minimum Gasteiger partial charge on any atom is -0.507 e. The Bertz CT molecular complexity index is 1540. The lowest BCUT2D eigenvalue weighted by atomic mass is 10.0. The van der Waals surface area contributed by atoms with Crippen LogP contribution in [0.1, 0.15) is 0 Å². The number of benzene rings is 3. The van der Waals surface area contributed by atoms with Gasteiger partial charge in [0.15, 0.2) is 5.43 Å². The summed E-state index contributed by atoms with van der Waals surface area (Å²) in [5.41, 5.74) is -0.0706. The number of phenols is 2. The Kier molecular flexibility index (Phi) is 3.93. The molecule has 0 unspecified atom stereocenters. The van der Waals surface area contributed by atoms with E-state index in [9.17, 15) is 19.8 Å². The number of hydrogen-bond acceptors (Lipinski definition) is 6. The maximum Gasteiger partial charge on any atom is 0.208 e. The van der Waals surface area contributed by atoms with Crippen LogP contribution >= 0.6 is 0 Å². The van der Waals surface area contributed by atoms with Gasteiger partial charge >= 0.3 is 0 Å². The van der Waals surface area contributed by atoms with Crippen LogP contribution in [0.3, 0.4) is 0 Å². The van der Waals surface area contributed by atoms with E-state index in [0.29, 0.717) is 5.56 Å². The lowest BCUT2D eigenvalue weighted by molar-refractivity contribution is 0.479. The number of phenolic OH excluding ortho intramolecular Hbond substituents is 2. The van der Waals surface area contributed by atoms with Gasteiger partial charge in [-0.05, 0) is 24.3 Å². The zero-order valence-corrected chi connectivity index (χ0v) is 15.5. The Labute approximate surface area is 168 Å². The number of rotatable bonds is 2. The second-order valence-corrected chi connectivity index (χ2v) is 6.78. The van der Waals surface area contributed by atoms with Gasteiger partial charge in [-0.25, -0.2) is 0 Å². The molecule has 0 spiro atoms. The molecular formula is C24H14O6. The first kappa shape index (κ1) is 17.8. The summed E-state index contributed by atoms with van der Waals surface area (Å²) in [6.07, 6.45) is 0. The first-order valence-electron chi connectivity index (χ1n) is 9.15. The molecule has 2 aromatic heterocycles. The minimum atomic E-state index is -0.532. The van der Waals surface area contributed by atoms with Gasteiger partial charge in [-0.3, -0.25) is 9.59 Å². The molecule has 0 fully saturated rings. The summed E-state index contributed by atoms with van der Waals surface area (Å²) in [5, 5.41) is 20.3. The van der Waals surface area contributed by atoms with Crippen LogP contribution in [0, 0.1) is 0 Å². The van der Waals surface area contributed by atoms with Gasteiger partial charge in [0.1, 0.15) is 50.5 Å². The molecule has 2 heterocycles. The number of aromatic hydroxyl groups is 2. The zero-order valence-electron chi connectivity index (χ0n) is 15.5. The van der Waals surface area contributed by atoms with E-state index in [2.05, 4.69) is 0 Å². The molecule has 30 heavy (non-hydrogen) atoms. The first-order valence-corrected chi connectivity index (χ1v) is 9.15. The van der Waals surface area contributed by atoms with E-state index in [1.165, 1.54) is 24.3 Å². The molecule has 5 aromatic rings. The van der Waals surface area contributed by atoms with Crippen molar-refractivity contribution in [2.24, 2.45) is 0 Å². The smallest absolute Gasteiger partial charge is 0.208 e. The average Bonchev–Trinajstić information content (AvgIpc) is 2.74. The fourth-order valence-electron chi connectivity index (χ4n) is 3.55. The van der Waals surface area contributed by atoms with Crippen LogP contribution in [-0.2, 0) is 0 Å². The second kappa shape index (κ2) is 6.63. The molecule has 6 nitrogen and oxygen atoms in total. The summed E-state index contributed by atoms with van der Waals surface area (Å²) in [5.74, 6) is -0.251. The van der Waals surface area contributed by atoms with Crippen LogP contribution in [0.15, 0.2) is 91.2 Å². The number of fused-ring (bicyclic) bond motifs is 2. The summed E-state index contributed by atoms with van der Waals surface area (Å²) in [7, 11) is 0. The Hall–Kier alpha value is -4.32. The topological polar surface area (TPSA) is 101 Å². The first-order chi connectivity index (χ1) is 14.5. The summed E-state index contributed by atoms with van der Waals surface area (Å²) in [6, 6.07) is 19.1. The highest BCUT2D eigenvalue weighted by Gasteiger charge is 2.22. The molecule has 6 heteroatoms. The maximum absolute atomic E-state index is 13.4. The highest BCUT2D eigenvalue weighted by Crippen LogP contribution is 2.35. The monoisotopic (exact) mass is 398 g/mol. The van der Waals surface area contributed by atoms with Gasteiger partial charge in [-0.15, -0.1) is 0 Å². The molecule has 0 saturated carbocycles. The van der Waals surface area contributed by atoms with Crippen molar-refractivity contribution in [3.63, 3.8) is 0 Å². The predicted octanol–water partition coefficient (Wildman–Crippen LogP) is 4.64. The third-order valence-electron chi connectivity index (χ3n) is 4.91. The predicted molar refractivity (Wildman–Crippen MR) is 113 cm³/mol. The lowest BCUT2D eigenvalue weighted by Crippen LogP contribution is -2.10. The van der Waals surface area contributed by atoms with E-state index in [1.54, 1.807) is 36.4 Å². The van der Waals surface area contributed by atoms with E-state index in [-0.39, 0.29) is 50.5 Å². The van der Waals surface area contributed by atoms with Crippen molar-refractivity contribution >= 4 is 21.9 Å². The molecule has 0 aliphatic rings. The van der Waals surface area contributed by atoms with Crippen LogP contribution in [0.5, 0.6) is 11.5 Å². The fourth-order valence-corrected chi connectivity index (χ4v) is 3.55. The van der Waals surface area contributed by atoms with Crippen molar-refractivity contribution in [3.8, 4) is 34.1 Å². The third-order valence-corrected chi connectivity index (χ3v) is 4.91. The Morgan fingerprint density at radius 3 is 2.00 bits per heavy atom. The Balaban J connectivity index is 1.94. The van der Waals surface area contributed by atoms with Crippen molar-refractivity contribution in [2.45, 2.75) is 0 Å². The van der Waals surface area contributed by atoms with Gasteiger partial charge in [0.25, 0.3) is 0 Å². The summed E-state index contributed by atoms with van der Waals surface area (Å²) >= 11 is 0. The lowest BCUT2D eigenvalue weighted by Gasteiger charge is -2.11. The van der Waals surface area contributed by atoms with Crippen LogP contribution < -0.4 is 10.9 Å². The number of hydrogen-bond donors (Lipinski definition) is 2. The molecule has 0 aliphatic carbocycles. The van der Waals surface area contributed by atoms with Crippen LogP contribution in [0.4, 0.5) is 0 Å². The summed E-state index contributed by atoms with van der Waals surface area (Å²) in [6.45, 7) is 0. The molecule has 0 bridgehead atoms. The zero-order chi connectivity index (χ0) is 20.8. The minimum absolute atomic E-state index is 0.00849.